The zero-order chi connectivity index (χ0) is 22.0. The molecule has 1 amide bonds. The number of aryl methyl sites for hydroxylation is 1. The Balaban J connectivity index is 1.56. The van der Waals surface area contributed by atoms with E-state index in [4.69, 9.17) is 9.47 Å². The molecule has 1 N–H and O–H groups in total. The van der Waals surface area contributed by atoms with Crippen molar-refractivity contribution in [2.45, 2.75) is 38.7 Å². The highest BCUT2D eigenvalue weighted by atomic mass is 16.5. The molecule has 1 aliphatic heterocycles. The fraction of sp³-hybridized carbons (Fsp3) is 0.435. The van der Waals surface area contributed by atoms with E-state index in [9.17, 15) is 9.59 Å². The smallest absolute Gasteiger partial charge is 0.277 e. The Hall–Kier alpha value is -3.13. The van der Waals surface area contributed by atoms with E-state index in [2.05, 4.69) is 10.4 Å². The standard InChI is InChI=1S/C23H28N4O4/c1-15-19(9-10-21(28)24-14-18-8-5-11-31-18)23(29)27-22(26(15)2)13-20(25-27)16-6-4-7-17(12-16)30-3/h4,6-7,12-13,18H,5,8-11,14H2,1-3H3,(H,24,28)/t18-/m0/s1. The first-order valence-corrected chi connectivity index (χ1v) is 10.6. The Morgan fingerprint density at radius 3 is 2.94 bits per heavy atom. The van der Waals surface area contributed by atoms with Gasteiger partial charge in [0.05, 0.1) is 18.9 Å². The van der Waals surface area contributed by atoms with E-state index in [1.165, 1.54) is 4.52 Å². The van der Waals surface area contributed by atoms with Crippen LogP contribution in [0, 0.1) is 6.92 Å². The maximum atomic E-state index is 13.2. The maximum Gasteiger partial charge on any atom is 0.277 e. The molecule has 0 unspecified atom stereocenters. The third-order valence-corrected chi connectivity index (χ3v) is 5.94. The van der Waals surface area contributed by atoms with E-state index >= 15 is 0 Å². The summed E-state index contributed by atoms with van der Waals surface area (Å²) in [6.07, 6.45) is 2.73. The molecule has 0 bridgehead atoms. The molecule has 1 fully saturated rings. The first-order chi connectivity index (χ1) is 15.0. The van der Waals surface area contributed by atoms with E-state index in [1.807, 2.05) is 48.9 Å². The van der Waals surface area contributed by atoms with E-state index in [1.54, 1.807) is 7.11 Å². The topological polar surface area (TPSA) is 86.9 Å². The average Bonchev–Trinajstić information content (AvgIpc) is 3.46. The predicted octanol–water partition coefficient (Wildman–Crippen LogP) is 2.24. The lowest BCUT2D eigenvalue weighted by molar-refractivity contribution is -0.121. The number of aromatic nitrogens is 3. The Morgan fingerprint density at radius 1 is 1.35 bits per heavy atom. The van der Waals surface area contributed by atoms with Crippen molar-refractivity contribution in [3.63, 3.8) is 0 Å². The van der Waals surface area contributed by atoms with Gasteiger partial charge in [0.2, 0.25) is 5.91 Å². The van der Waals surface area contributed by atoms with Gasteiger partial charge in [0.1, 0.15) is 11.4 Å². The second kappa shape index (κ2) is 8.93. The van der Waals surface area contributed by atoms with Crippen molar-refractivity contribution >= 4 is 11.6 Å². The summed E-state index contributed by atoms with van der Waals surface area (Å²) in [5.74, 6) is 0.654. The summed E-state index contributed by atoms with van der Waals surface area (Å²) < 4.78 is 14.2. The van der Waals surface area contributed by atoms with Crippen LogP contribution in [0.15, 0.2) is 35.1 Å². The number of ether oxygens (including phenoxy) is 2. The van der Waals surface area contributed by atoms with E-state index in [0.717, 1.165) is 36.5 Å². The van der Waals surface area contributed by atoms with Crippen LogP contribution in [0.4, 0.5) is 0 Å². The number of hydrogen-bond donors (Lipinski definition) is 1. The summed E-state index contributed by atoms with van der Waals surface area (Å²) in [6, 6.07) is 9.47. The summed E-state index contributed by atoms with van der Waals surface area (Å²) in [7, 11) is 3.52. The minimum atomic E-state index is -0.188. The molecule has 3 aromatic rings. The van der Waals surface area contributed by atoms with Gasteiger partial charge in [-0.3, -0.25) is 9.59 Å². The lowest BCUT2D eigenvalue weighted by atomic mass is 10.1. The molecule has 0 spiro atoms. The van der Waals surface area contributed by atoms with Crippen LogP contribution in [0.1, 0.15) is 30.5 Å². The molecule has 31 heavy (non-hydrogen) atoms. The zero-order valence-corrected chi connectivity index (χ0v) is 18.2. The van der Waals surface area contributed by atoms with Crippen LogP contribution in [0.2, 0.25) is 0 Å². The Labute approximate surface area is 180 Å². The van der Waals surface area contributed by atoms with Crippen molar-refractivity contribution in [1.82, 2.24) is 19.5 Å². The molecule has 1 atom stereocenters. The van der Waals surface area contributed by atoms with Gasteiger partial charge in [0.15, 0.2) is 0 Å². The number of benzene rings is 1. The van der Waals surface area contributed by atoms with Crippen LogP contribution in [-0.4, -0.2) is 46.5 Å². The molecule has 164 valence electrons. The molecular weight excluding hydrogens is 396 g/mol. The molecule has 0 aliphatic carbocycles. The SMILES string of the molecule is COc1cccc(-c2cc3n(C)c(C)c(CCC(=O)NC[C@@H]4CCCO4)c(=O)n3n2)c1. The summed E-state index contributed by atoms with van der Waals surface area (Å²) in [4.78, 5) is 25.4. The Morgan fingerprint density at radius 2 is 2.19 bits per heavy atom. The molecule has 4 rings (SSSR count). The number of nitrogens with zero attached hydrogens (tertiary/aromatic N) is 3. The van der Waals surface area contributed by atoms with Crippen molar-refractivity contribution in [2.75, 3.05) is 20.3 Å². The third-order valence-electron chi connectivity index (χ3n) is 5.94. The second-order valence-corrected chi connectivity index (χ2v) is 7.90. The molecule has 8 nitrogen and oxygen atoms in total. The fourth-order valence-corrected chi connectivity index (χ4v) is 3.99. The quantitative estimate of drug-likeness (QED) is 0.629. The van der Waals surface area contributed by atoms with Gasteiger partial charge in [0.25, 0.3) is 5.56 Å². The number of nitrogens with one attached hydrogen (secondary N) is 1. The number of rotatable bonds is 7. The van der Waals surface area contributed by atoms with Crippen molar-refractivity contribution < 1.29 is 14.3 Å². The van der Waals surface area contributed by atoms with Crippen LogP contribution in [0.5, 0.6) is 5.75 Å². The van der Waals surface area contributed by atoms with Gasteiger partial charge in [-0.25, -0.2) is 0 Å². The lowest BCUT2D eigenvalue weighted by Gasteiger charge is -2.13. The highest BCUT2D eigenvalue weighted by molar-refractivity contribution is 5.76. The Kier molecular flexibility index (Phi) is 6.08. The van der Waals surface area contributed by atoms with Gasteiger partial charge in [-0.15, -0.1) is 0 Å². The van der Waals surface area contributed by atoms with Crippen LogP contribution in [-0.2, 0) is 23.0 Å². The zero-order valence-electron chi connectivity index (χ0n) is 18.2. The minimum Gasteiger partial charge on any atom is -0.497 e. The first-order valence-electron chi connectivity index (χ1n) is 10.6. The number of carbonyl (C=O) groups excluding carboxylic acids is 1. The summed E-state index contributed by atoms with van der Waals surface area (Å²) >= 11 is 0. The van der Waals surface area contributed by atoms with Gasteiger partial charge in [-0.05, 0) is 38.3 Å². The monoisotopic (exact) mass is 424 g/mol. The number of fused-ring (bicyclic) bond motifs is 1. The molecule has 8 heteroatoms. The third kappa shape index (κ3) is 4.34. The van der Waals surface area contributed by atoms with Crippen LogP contribution >= 0.6 is 0 Å². The normalized spacial score (nSPS) is 16.0. The second-order valence-electron chi connectivity index (χ2n) is 7.90. The first kappa shape index (κ1) is 21.1. The van der Waals surface area contributed by atoms with Crippen LogP contribution in [0.3, 0.4) is 0 Å². The molecule has 0 saturated carbocycles. The van der Waals surface area contributed by atoms with E-state index in [0.29, 0.717) is 29.9 Å². The highest BCUT2D eigenvalue weighted by Crippen LogP contribution is 2.24. The largest absolute Gasteiger partial charge is 0.497 e. The molecule has 1 aliphatic rings. The fourth-order valence-electron chi connectivity index (χ4n) is 3.99. The average molecular weight is 425 g/mol. The summed E-state index contributed by atoms with van der Waals surface area (Å²) in [6.45, 7) is 3.19. The van der Waals surface area contributed by atoms with Gasteiger partial charge >= 0.3 is 0 Å². The van der Waals surface area contributed by atoms with E-state index in [-0.39, 0.29) is 24.0 Å². The molecular formula is C23H28N4O4. The highest BCUT2D eigenvalue weighted by Gasteiger charge is 2.18. The number of carbonyl (C=O) groups is 1. The number of hydrogen-bond acceptors (Lipinski definition) is 5. The molecule has 3 heterocycles. The van der Waals surface area contributed by atoms with E-state index < -0.39 is 0 Å². The Bertz CT molecular complexity index is 1160. The van der Waals surface area contributed by atoms with Crippen molar-refractivity contribution in [3.8, 4) is 17.0 Å². The molecule has 0 radical (unpaired) electrons. The molecule has 2 aromatic heterocycles. The summed E-state index contributed by atoms with van der Waals surface area (Å²) in [5.41, 5.74) is 3.51. The predicted molar refractivity (Wildman–Crippen MR) is 117 cm³/mol. The van der Waals surface area contributed by atoms with Gasteiger partial charge in [0, 0.05) is 49.5 Å². The lowest BCUT2D eigenvalue weighted by Crippen LogP contribution is -2.32. The number of methoxy groups -OCH3 is 1. The summed E-state index contributed by atoms with van der Waals surface area (Å²) in [5, 5.41) is 7.46. The minimum absolute atomic E-state index is 0.0745. The molecule has 1 saturated heterocycles. The van der Waals surface area contributed by atoms with Gasteiger partial charge < -0.3 is 19.4 Å². The maximum absolute atomic E-state index is 13.2. The van der Waals surface area contributed by atoms with Crippen molar-refractivity contribution in [3.05, 3.63) is 51.9 Å². The molecule has 1 aromatic carbocycles. The van der Waals surface area contributed by atoms with Gasteiger partial charge in [-0.2, -0.15) is 9.61 Å². The van der Waals surface area contributed by atoms with Crippen molar-refractivity contribution in [1.29, 1.82) is 0 Å². The number of amides is 1. The van der Waals surface area contributed by atoms with Crippen LogP contribution in [0.25, 0.3) is 16.9 Å². The van der Waals surface area contributed by atoms with Gasteiger partial charge in [-0.1, -0.05) is 12.1 Å². The van der Waals surface area contributed by atoms with Crippen molar-refractivity contribution in [2.24, 2.45) is 7.05 Å². The van der Waals surface area contributed by atoms with Crippen LogP contribution < -0.4 is 15.6 Å².